The lowest BCUT2D eigenvalue weighted by Gasteiger charge is -1.79. The van der Waals surface area contributed by atoms with E-state index in [9.17, 15) is 0 Å². The summed E-state index contributed by atoms with van der Waals surface area (Å²) in [7, 11) is 0. The molecular formula is C4H3ClN2. The predicted octanol–water partition coefficient (Wildman–Crippen LogP) is 1.13. The minimum atomic E-state index is 0.0949. The highest BCUT2D eigenvalue weighted by molar-refractivity contribution is 6.29. The fourth-order valence-corrected chi connectivity index (χ4v) is 0.357. The van der Waals surface area contributed by atoms with E-state index in [1.807, 2.05) is 0 Å². The molecule has 1 rings (SSSR count). The van der Waals surface area contributed by atoms with Gasteiger partial charge in [0, 0.05) is 12.4 Å². The van der Waals surface area contributed by atoms with Gasteiger partial charge in [-0.05, 0) is 0 Å². The van der Waals surface area contributed by atoms with Crippen molar-refractivity contribution in [3.63, 3.8) is 0 Å². The molecule has 0 amide bonds. The molecule has 0 aliphatic heterocycles. The van der Waals surface area contributed by atoms with Crippen molar-refractivity contribution >= 4 is 11.6 Å². The largest absolute Gasteiger partial charge is 0.260 e. The van der Waals surface area contributed by atoms with Gasteiger partial charge in [-0.25, -0.2) is 4.98 Å². The maximum absolute atomic E-state index is 6.88. The molecule has 1 aromatic rings. The summed E-state index contributed by atoms with van der Waals surface area (Å²) in [4.78, 5) is 7.15. The highest BCUT2D eigenvalue weighted by atomic mass is 35.5. The first-order valence-electron chi connectivity index (χ1n) is 2.23. The van der Waals surface area contributed by atoms with Gasteiger partial charge in [0.25, 0.3) is 0 Å². The van der Waals surface area contributed by atoms with Crippen molar-refractivity contribution in [2.24, 2.45) is 0 Å². The Hall–Kier alpha value is -0.630. The molecule has 0 spiro atoms. The summed E-state index contributed by atoms with van der Waals surface area (Å²) in [6.07, 6.45) is 2.81. The highest BCUT2D eigenvalue weighted by Crippen LogP contribution is 1.95. The van der Waals surface area contributed by atoms with E-state index < -0.39 is 0 Å². The molecule has 0 unspecified atom stereocenters. The van der Waals surface area contributed by atoms with Crippen LogP contribution in [0.25, 0.3) is 0 Å². The van der Waals surface area contributed by atoms with Gasteiger partial charge >= 0.3 is 0 Å². The van der Waals surface area contributed by atoms with Crippen LogP contribution in [0.2, 0.25) is 5.15 Å². The Balaban J connectivity index is 3.08. The summed E-state index contributed by atoms with van der Waals surface area (Å²) in [6.45, 7) is 0. The van der Waals surface area contributed by atoms with Crippen molar-refractivity contribution in [3.8, 4) is 0 Å². The molecule has 0 atom stereocenters. The standard InChI is InChI=1S/C4H3ClN2/c5-4-3-6-1-2-7-4/h1-3H/i2D. The van der Waals surface area contributed by atoms with Gasteiger partial charge in [0.1, 0.15) is 5.15 Å². The van der Waals surface area contributed by atoms with Crippen LogP contribution < -0.4 is 0 Å². The first-order chi connectivity index (χ1) is 3.79. The zero-order chi connectivity index (χ0) is 5.98. The number of hydrogen-bond donors (Lipinski definition) is 0. The molecule has 0 N–H and O–H groups in total. The van der Waals surface area contributed by atoms with Gasteiger partial charge in [0.15, 0.2) is 0 Å². The third kappa shape index (κ3) is 1.12. The van der Waals surface area contributed by atoms with Crippen LogP contribution in [0.15, 0.2) is 18.6 Å². The topological polar surface area (TPSA) is 25.8 Å². The Morgan fingerprint density at radius 1 is 1.86 bits per heavy atom. The summed E-state index contributed by atoms with van der Waals surface area (Å²) in [5.74, 6) is 0. The number of nitrogens with zero attached hydrogens (tertiary/aromatic N) is 2. The molecular weight excluding hydrogens is 112 g/mol. The molecule has 0 radical (unpaired) electrons. The van der Waals surface area contributed by atoms with Crippen LogP contribution in [-0.4, -0.2) is 9.97 Å². The number of rotatable bonds is 0. The molecule has 0 bridgehead atoms. The van der Waals surface area contributed by atoms with E-state index in [4.69, 9.17) is 13.0 Å². The molecule has 1 aromatic heterocycles. The van der Waals surface area contributed by atoms with E-state index in [-0.39, 0.29) is 11.3 Å². The number of hydrogen-bond acceptors (Lipinski definition) is 2. The van der Waals surface area contributed by atoms with Gasteiger partial charge in [-0.1, -0.05) is 11.6 Å². The van der Waals surface area contributed by atoms with Gasteiger partial charge in [-0.2, -0.15) is 0 Å². The van der Waals surface area contributed by atoms with Crippen LogP contribution in [0.4, 0.5) is 0 Å². The first-order valence-corrected chi connectivity index (χ1v) is 2.11. The minimum Gasteiger partial charge on any atom is -0.260 e. The smallest absolute Gasteiger partial charge is 0.147 e. The molecule has 3 heteroatoms. The SMILES string of the molecule is [2H]c1cncc(Cl)n1. The van der Waals surface area contributed by atoms with Crippen molar-refractivity contribution in [3.05, 3.63) is 23.7 Å². The predicted molar refractivity (Wildman–Crippen MR) is 27.0 cm³/mol. The average molecular weight is 116 g/mol. The van der Waals surface area contributed by atoms with E-state index in [1.54, 1.807) is 0 Å². The molecule has 0 saturated heterocycles. The van der Waals surface area contributed by atoms with Crippen LogP contribution in [-0.2, 0) is 0 Å². The summed E-state index contributed by atoms with van der Waals surface area (Å²) in [6, 6.07) is 0. The summed E-state index contributed by atoms with van der Waals surface area (Å²) in [5.41, 5.74) is 0. The lowest BCUT2D eigenvalue weighted by Crippen LogP contribution is -1.71. The number of aromatic nitrogens is 2. The third-order valence-electron chi connectivity index (χ3n) is 0.485. The van der Waals surface area contributed by atoms with Crippen LogP contribution in [0.3, 0.4) is 0 Å². The lowest BCUT2D eigenvalue weighted by molar-refractivity contribution is 1.20. The minimum absolute atomic E-state index is 0.0949. The fourth-order valence-electron chi connectivity index (χ4n) is 0.252. The maximum Gasteiger partial charge on any atom is 0.147 e. The summed E-state index contributed by atoms with van der Waals surface area (Å²) >= 11 is 5.35. The molecule has 0 saturated carbocycles. The Kier molecular flexibility index (Phi) is 0.912. The van der Waals surface area contributed by atoms with Crippen LogP contribution in [0, 0.1) is 0 Å². The van der Waals surface area contributed by atoms with Crippen molar-refractivity contribution in [1.82, 2.24) is 9.97 Å². The van der Waals surface area contributed by atoms with Gasteiger partial charge in [-0.3, -0.25) is 4.98 Å². The van der Waals surface area contributed by atoms with Gasteiger partial charge in [0.05, 0.1) is 7.57 Å². The summed E-state index contributed by atoms with van der Waals surface area (Å²) < 4.78 is 6.88. The van der Waals surface area contributed by atoms with Gasteiger partial charge < -0.3 is 0 Å². The maximum atomic E-state index is 6.88. The van der Waals surface area contributed by atoms with Crippen LogP contribution >= 0.6 is 11.6 Å². The molecule has 7 heavy (non-hydrogen) atoms. The Bertz CT molecular complexity index is 174. The summed E-state index contributed by atoms with van der Waals surface area (Å²) in [5, 5.41) is 0.262. The second-order valence-electron chi connectivity index (χ2n) is 0.971. The molecule has 0 aromatic carbocycles. The molecule has 1 heterocycles. The van der Waals surface area contributed by atoms with Crippen molar-refractivity contribution in [2.75, 3.05) is 0 Å². The average Bonchev–Trinajstić information content (AvgIpc) is 1.64. The van der Waals surface area contributed by atoms with Crippen molar-refractivity contribution < 1.29 is 1.37 Å². The van der Waals surface area contributed by atoms with Crippen molar-refractivity contribution in [2.45, 2.75) is 0 Å². The highest BCUT2D eigenvalue weighted by Gasteiger charge is 1.77. The molecule has 36 valence electrons. The van der Waals surface area contributed by atoms with Gasteiger partial charge in [-0.15, -0.1) is 0 Å². The van der Waals surface area contributed by atoms with Crippen molar-refractivity contribution in [1.29, 1.82) is 0 Å². The van der Waals surface area contributed by atoms with E-state index in [0.29, 0.717) is 0 Å². The third-order valence-corrected chi connectivity index (χ3v) is 0.667. The normalized spacial score (nSPS) is 10.7. The molecule has 0 aliphatic rings. The van der Waals surface area contributed by atoms with E-state index in [2.05, 4.69) is 9.97 Å². The first kappa shape index (κ1) is 3.38. The molecule has 0 aliphatic carbocycles. The Morgan fingerprint density at radius 2 is 2.71 bits per heavy atom. The van der Waals surface area contributed by atoms with E-state index >= 15 is 0 Å². The molecule has 2 nitrogen and oxygen atoms in total. The van der Waals surface area contributed by atoms with E-state index in [1.165, 1.54) is 12.4 Å². The van der Waals surface area contributed by atoms with Crippen LogP contribution in [0.5, 0.6) is 0 Å². The fraction of sp³-hybridized carbons (Fsp3) is 0. The Labute approximate surface area is 47.6 Å². The van der Waals surface area contributed by atoms with Crippen LogP contribution in [0.1, 0.15) is 1.37 Å². The Morgan fingerprint density at radius 3 is 3.14 bits per heavy atom. The quantitative estimate of drug-likeness (QED) is 0.507. The lowest BCUT2D eigenvalue weighted by atomic mass is 10.8. The van der Waals surface area contributed by atoms with Gasteiger partial charge in [0.2, 0.25) is 0 Å². The second kappa shape index (κ2) is 1.89. The zero-order valence-corrected chi connectivity index (χ0v) is 4.18. The van der Waals surface area contributed by atoms with E-state index in [0.717, 1.165) is 0 Å². The molecule has 0 fully saturated rings. The zero-order valence-electron chi connectivity index (χ0n) is 4.43. The second-order valence-corrected chi connectivity index (χ2v) is 1.36. The monoisotopic (exact) mass is 115 g/mol. The number of halogens is 1.